The first-order valence-corrected chi connectivity index (χ1v) is 9.13. The number of hydrogen-bond donors (Lipinski definition) is 1. The lowest BCUT2D eigenvalue weighted by Crippen LogP contribution is -2.44. The van der Waals surface area contributed by atoms with Crippen molar-refractivity contribution >= 4 is 23.1 Å². The Morgan fingerprint density at radius 1 is 1.42 bits per heavy atom. The van der Waals surface area contributed by atoms with E-state index in [9.17, 15) is 4.79 Å². The molecule has 0 saturated heterocycles. The molecular weight excluding hydrogens is 320 g/mol. The smallest absolute Gasteiger partial charge is 0.252 e. The Bertz CT molecular complexity index is 695. The molecule has 1 aliphatic heterocycles. The molecule has 0 saturated carbocycles. The van der Waals surface area contributed by atoms with Crippen molar-refractivity contribution in [3.8, 4) is 0 Å². The van der Waals surface area contributed by atoms with E-state index in [1.807, 2.05) is 42.5 Å². The maximum Gasteiger partial charge on any atom is 0.252 e. The highest BCUT2D eigenvalue weighted by atomic mass is 32.1. The lowest BCUT2D eigenvalue weighted by Gasteiger charge is -2.32. The van der Waals surface area contributed by atoms with Crippen molar-refractivity contribution in [1.29, 1.82) is 0 Å². The first kappa shape index (κ1) is 16.9. The van der Waals surface area contributed by atoms with Gasteiger partial charge in [0, 0.05) is 50.8 Å². The molecule has 24 heavy (non-hydrogen) atoms. The van der Waals surface area contributed by atoms with E-state index in [1.54, 1.807) is 6.20 Å². The molecule has 1 aliphatic rings. The first-order chi connectivity index (χ1) is 11.5. The predicted octanol–water partition coefficient (Wildman–Crippen LogP) is 2.39. The number of thiophene rings is 1. The fourth-order valence-corrected chi connectivity index (χ4v) is 3.79. The minimum Gasteiger partial charge on any atom is -0.363 e. The van der Waals surface area contributed by atoms with Gasteiger partial charge in [0.2, 0.25) is 0 Å². The number of carbonyl (C=O) groups excluding carboxylic acids is 1. The van der Waals surface area contributed by atoms with Gasteiger partial charge in [0.25, 0.3) is 5.91 Å². The van der Waals surface area contributed by atoms with Crippen molar-refractivity contribution in [3.05, 3.63) is 45.8 Å². The Morgan fingerprint density at radius 3 is 2.96 bits per heavy atom. The molecule has 0 fully saturated rings. The zero-order chi connectivity index (χ0) is 17.1. The maximum absolute atomic E-state index is 12.3. The summed E-state index contributed by atoms with van der Waals surface area (Å²) in [5.41, 5.74) is 2.04. The fraction of sp³-hybridized carbons (Fsp3) is 0.444. The zero-order valence-corrected chi connectivity index (χ0v) is 15.3. The lowest BCUT2D eigenvalue weighted by atomic mass is 10.1. The van der Waals surface area contributed by atoms with Crippen molar-refractivity contribution < 1.29 is 4.79 Å². The Hall–Kier alpha value is -1.92. The van der Waals surface area contributed by atoms with Gasteiger partial charge in [-0.2, -0.15) is 0 Å². The van der Waals surface area contributed by atoms with E-state index in [0.717, 1.165) is 25.3 Å². The molecule has 2 aromatic heterocycles. The second-order valence-electron chi connectivity index (χ2n) is 6.45. The molecule has 0 radical (unpaired) electrons. The van der Waals surface area contributed by atoms with Crippen molar-refractivity contribution in [1.82, 2.24) is 15.2 Å². The van der Waals surface area contributed by atoms with E-state index < -0.39 is 0 Å². The van der Waals surface area contributed by atoms with Crippen LogP contribution in [-0.2, 0) is 13.0 Å². The maximum atomic E-state index is 12.3. The minimum atomic E-state index is -0.0621. The molecule has 6 heteroatoms. The van der Waals surface area contributed by atoms with Gasteiger partial charge in [-0.05, 0) is 42.5 Å². The largest absolute Gasteiger partial charge is 0.363 e. The third-order valence-corrected chi connectivity index (χ3v) is 5.51. The summed E-state index contributed by atoms with van der Waals surface area (Å²) in [5, 5.41) is 5.20. The number of anilines is 1. The van der Waals surface area contributed by atoms with Crippen LogP contribution in [0, 0.1) is 0 Å². The second kappa shape index (κ2) is 7.32. The van der Waals surface area contributed by atoms with Gasteiger partial charge in [0.1, 0.15) is 5.82 Å². The molecule has 0 unspecified atom stereocenters. The van der Waals surface area contributed by atoms with E-state index in [4.69, 9.17) is 0 Å². The standard InChI is InChI=1S/C18H24N4OS/c1-13(22-8-6-16-15(12-22)7-9-24-16)10-20-18(23)14-4-5-17(19-11-14)21(2)3/h4-5,7,9,11,13H,6,8,10,12H2,1-3H3,(H,20,23)/t13-/m1/s1. The number of aromatic nitrogens is 1. The van der Waals surface area contributed by atoms with Gasteiger partial charge >= 0.3 is 0 Å². The number of rotatable bonds is 5. The third kappa shape index (κ3) is 3.76. The third-order valence-electron chi connectivity index (χ3n) is 4.49. The van der Waals surface area contributed by atoms with Crippen LogP contribution in [0.2, 0.25) is 0 Å². The van der Waals surface area contributed by atoms with Crippen LogP contribution < -0.4 is 10.2 Å². The van der Waals surface area contributed by atoms with Crippen molar-refractivity contribution in [2.45, 2.75) is 25.9 Å². The van der Waals surface area contributed by atoms with Crippen LogP contribution in [0.15, 0.2) is 29.8 Å². The summed E-state index contributed by atoms with van der Waals surface area (Å²) in [6, 6.07) is 6.22. The van der Waals surface area contributed by atoms with Gasteiger partial charge < -0.3 is 10.2 Å². The summed E-state index contributed by atoms with van der Waals surface area (Å²) < 4.78 is 0. The normalized spacial score (nSPS) is 15.6. The van der Waals surface area contributed by atoms with E-state index in [1.165, 1.54) is 10.4 Å². The molecule has 2 aromatic rings. The van der Waals surface area contributed by atoms with Gasteiger partial charge in [-0.1, -0.05) is 0 Å². The SMILES string of the molecule is C[C@H](CNC(=O)c1ccc(N(C)C)nc1)N1CCc2sccc2C1. The number of nitrogens with zero attached hydrogens (tertiary/aromatic N) is 3. The highest BCUT2D eigenvalue weighted by molar-refractivity contribution is 7.10. The van der Waals surface area contributed by atoms with Gasteiger partial charge in [-0.25, -0.2) is 4.98 Å². The van der Waals surface area contributed by atoms with E-state index in [-0.39, 0.29) is 5.91 Å². The van der Waals surface area contributed by atoms with Crippen LogP contribution in [0.25, 0.3) is 0 Å². The average molecular weight is 344 g/mol. The van der Waals surface area contributed by atoms with Crippen LogP contribution in [0.1, 0.15) is 27.7 Å². The molecule has 0 aliphatic carbocycles. The number of hydrogen-bond acceptors (Lipinski definition) is 5. The number of pyridine rings is 1. The Morgan fingerprint density at radius 2 is 2.25 bits per heavy atom. The molecule has 5 nitrogen and oxygen atoms in total. The molecule has 1 N–H and O–H groups in total. The first-order valence-electron chi connectivity index (χ1n) is 8.25. The topological polar surface area (TPSA) is 48.5 Å². The van der Waals surface area contributed by atoms with E-state index in [2.05, 4.69) is 33.6 Å². The highest BCUT2D eigenvalue weighted by Crippen LogP contribution is 2.24. The Labute approximate surface area is 147 Å². The molecule has 0 aromatic carbocycles. The molecule has 0 spiro atoms. The number of fused-ring (bicyclic) bond motifs is 1. The molecule has 1 atom stereocenters. The quantitative estimate of drug-likeness (QED) is 0.905. The summed E-state index contributed by atoms with van der Waals surface area (Å²) in [6.07, 6.45) is 2.75. The summed E-state index contributed by atoms with van der Waals surface area (Å²) in [7, 11) is 3.86. The molecule has 1 amide bonds. The molecule has 0 bridgehead atoms. The van der Waals surface area contributed by atoms with E-state index in [0.29, 0.717) is 18.2 Å². The van der Waals surface area contributed by atoms with Crippen LogP contribution in [0.3, 0.4) is 0 Å². The predicted molar refractivity (Wildman–Crippen MR) is 98.8 cm³/mol. The van der Waals surface area contributed by atoms with Gasteiger partial charge in [-0.3, -0.25) is 9.69 Å². The van der Waals surface area contributed by atoms with Crippen LogP contribution >= 0.6 is 11.3 Å². The number of nitrogens with one attached hydrogen (secondary N) is 1. The van der Waals surface area contributed by atoms with Crippen molar-refractivity contribution in [2.24, 2.45) is 0 Å². The van der Waals surface area contributed by atoms with Gasteiger partial charge in [-0.15, -0.1) is 11.3 Å². The Kier molecular flexibility index (Phi) is 5.16. The molecule has 3 heterocycles. The van der Waals surface area contributed by atoms with Gasteiger partial charge in [0.15, 0.2) is 0 Å². The monoisotopic (exact) mass is 344 g/mol. The fourth-order valence-electron chi connectivity index (χ4n) is 2.90. The molecular formula is C18H24N4OS. The van der Waals surface area contributed by atoms with E-state index >= 15 is 0 Å². The lowest BCUT2D eigenvalue weighted by molar-refractivity contribution is 0.0932. The number of amides is 1. The summed E-state index contributed by atoms with van der Waals surface area (Å²) in [4.78, 5) is 22.4. The summed E-state index contributed by atoms with van der Waals surface area (Å²) in [5.74, 6) is 0.785. The van der Waals surface area contributed by atoms with Crippen LogP contribution in [-0.4, -0.2) is 49.0 Å². The molecule has 3 rings (SSSR count). The summed E-state index contributed by atoms with van der Waals surface area (Å²) in [6.45, 7) is 4.86. The van der Waals surface area contributed by atoms with Gasteiger partial charge in [0.05, 0.1) is 5.56 Å². The van der Waals surface area contributed by atoms with Crippen LogP contribution in [0.4, 0.5) is 5.82 Å². The average Bonchev–Trinajstić information content (AvgIpc) is 3.07. The minimum absolute atomic E-state index is 0.0621. The van der Waals surface area contributed by atoms with Crippen molar-refractivity contribution in [3.63, 3.8) is 0 Å². The second-order valence-corrected chi connectivity index (χ2v) is 7.45. The molecule has 128 valence electrons. The Balaban J connectivity index is 1.52. The summed E-state index contributed by atoms with van der Waals surface area (Å²) >= 11 is 1.85. The van der Waals surface area contributed by atoms with Crippen LogP contribution in [0.5, 0.6) is 0 Å². The highest BCUT2D eigenvalue weighted by Gasteiger charge is 2.21. The number of carbonyl (C=O) groups is 1. The zero-order valence-electron chi connectivity index (χ0n) is 14.5. The van der Waals surface area contributed by atoms with Crippen molar-refractivity contribution in [2.75, 3.05) is 32.1 Å².